The van der Waals surface area contributed by atoms with Crippen molar-refractivity contribution in [1.29, 1.82) is 0 Å². The number of rotatable bonds is 5. The first-order valence-electron chi connectivity index (χ1n) is 7.42. The fourth-order valence-electron chi connectivity index (χ4n) is 2.22. The normalized spacial score (nSPS) is 10.7. The number of amides is 1. The molecular formula is C17H23N3O. The zero-order chi connectivity index (χ0) is 15.4. The number of benzene rings is 1. The number of hydrogen-bond donors (Lipinski definition) is 0. The van der Waals surface area contributed by atoms with Crippen LogP contribution in [0.2, 0.25) is 0 Å². The van der Waals surface area contributed by atoms with E-state index in [-0.39, 0.29) is 5.91 Å². The van der Waals surface area contributed by atoms with Gasteiger partial charge < -0.3 is 4.90 Å². The molecule has 0 bridgehead atoms. The van der Waals surface area contributed by atoms with Crippen molar-refractivity contribution in [3.05, 3.63) is 47.3 Å². The van der Waals surface area contributed by atoms with E-state index in [1.165, 1.54) is 5.56 Å². The summed E-state index contributed by atoms with van der Waals surface area (Å²) in [5.74, 6) is -0.0163. The molecule has 0 atom stereocenters. The highest BCUT2D eigenvalue weighted by Crippen LogP contribution is 2.14. The van der Waals surface area contributed by atoms with Crippen molar-refractivity contribution in [3.63, 3.8) is 0 Å². The molecule has 2 aromatic rings. The van der Waals surface area contributed by atoms with Crippen LogP contribution in [0, 0.1) is 13.8 Å². The van der Waals surface area contributed by atoms with Gasteiger partial charge in [-0.3, -0.25) is 4.79 Å². The van der Waals surface area contributed by atoms with Gasteiger partial charge in [-0.1, -0.05) is 31.0 Å². The molecule has 0 saturated carbocycles. The molecule has 4 nitrogen and oxygen atoms in total. The predicted octanol–water partition coefficient (Wildman–Crippen LogP) is 3.36. The topological polar surface area (TPSA) is 38.1 Å². The van der Waals surface area contributed by atoms with Crippen LogP contribution in [0.3, 0.4) is 0 Å². The summed E-state index contributed by atoms with van der Waals surface area (Å²) in [4.78, 5) is 14.1. The van der Waals surface area contributed by atoms with Gasteiger partial charge >= 0.3 is 0 Å². The van der Waals surface area contributed by atoms with Crippen LogP contribution in [-0.2, 0) is 0 Å². The molecule has 21 heavy (non-hydrogen) atoms. The Labute approximate surface area is 126 Å². The molecule has 0 aliphatic heterocycles. The summed E-state index contributed by atoms with van der Waals surface area (Å²) < 4.78 is 1.82. The van der Waals surface area contributed by atoms with Gasteiger partial charge in [-0.2, -0.15) is 5.10 Å². The average Bonchev–Trinajstić information content (AvgIpc) is 2.86. The molecule has 0 N–H and O–H groups in total. The quantitative estimate of drug-likeness (QED) is 0.845. The molecule has 1 aromatic heterocycles. The van der Waals surface area contributed by atoms with Crippen LogP contribution in [0.1, 0.15) is 41.5 Å². The third kappa shape index (κ3) is 3.51. The van der Waals surface area contributed by atoms with Crippen LogP contribution in [0.15, 0.2) is 30.3 Å². The van der Waals surface area contributed by atoms with Crippen LogP contribution in [0.5, 0.6) is 0 Å². The zero-order valence-corrected chi connectivity index (χ0v) is 13.3. The van der Waals surface area contributed by atoms with Crippen molar-refractivity contribution >= 4 is 5.91 Å². The molecule has 0 aliphatic carbocycles. The number of aromatic nitrogens is 2. The van der Waals surface area contributed by atoms with E-state index < -0.39 is 0 Å². The number of carbonyl (C=O) groups is 1. The molecule has 1 amide bonds. The van der Waals surface area contributed by atoms with E-state index in [1.807, 2.05) is 49.0 Å². The van der Waals surface area contributed by atoms with Gasteiger partial charge in [0.1, 0.15) is 0 Å². The van der Waals surface area contributed by atoms with E-state index in [0.717, 1.165) is 30.8 Å². The fraction of sp³-hybridized carbons (Fsp3) is 0.412. The Morgan fingerprint density at radius 3 is 2.52 bits per heavy atom. The summed E-state index contributed by atoms with van der Waals surface area (Å²) >= 11 is 0. The Balaban J connectivity index is 2.22. The lowest BCUT2D eigenvalue weighted by molar-refractivity contribution is 0.0787. The number of nitrogens with zero attached hydrogens (tertiary/aromatic N) is 3. The largest absolute Gasteiger partial charge is 0.340 e. The van der Waals surface area contributed by atoms with Crippen LogP contribution in [0.4, 0.5) is 0 Å². The number of hydrogen-bond acceptors (Lipinski definition) is 2. The van der Waals surface area contributed by atoms with Gasteiger partial charge in [-0.05, 0) is 38.5 Å². The number of unbranched alkanes of at least 4 members (excludes halogenated alkanes) is 1. The van der Waals surface area contributed by atoms with Gasteiger partial charge in [0.2, 0.25) is 0 Å². The second-order valence-corrected chi connectivity index (χ2v) is 5.50. The Morgan fingerprint density at radius 1 is 1.24 bits per heavy atom. The van der Waals surface area contributed by atoms with Crippen LogP contribution in [0.25, 0.3) is 5.69 Å². The maximum Gasteiger partial charge on any atom is 0.274 e. The Morgan fingerprint density at radius 2 is 1.90 bits per heavy atom. The van der Waals surface area contributed by atoms with Crippen molar-refractivity contribution < 1.29 is 4.79 Å². The van der Waals surface area contributed by atoms with Gasteiger partial charge in [0.15, 0.2) is 5.69 Å². The molecule has 1 aromatic carbocycles. The highest BCUT2D eigenvalue weighted by molar-refractivity contribution is 5.92. The first-order valence-corrected chi connectivity index (χ1v) is 7.42. The third-order valence-corrected chi connectivity index (χ3v) is 3.58. The molecule has 4 heteroatoms. The van der Waals surface area contributed by atoms with Crippen molar-refractivity contribution in [2.24, 2.45) is 0 Å². The summed E-state index contributed by atoms with van der Waals surface area (Å²) in [5, 5.41) is 4.46. The third-order valence-electron chi connectivity index (χ3n) is 3.58. The van der Waals surface area contributed by atoms with E-state index in [4.69, 9.17) is 0 Å². The van der Waals surface area contributed by atoms with Crippen LogP contribution in [-0.4, -0.2) is 34.2 Å². The highest BCUT2D eigenvalue weighted by atomic mass is 16.2. The smallest absolute Gasteiger partial charge is 0.274 e. The minimum absolute atomic E-state index is 0.0163. The minimum Gasteiger partial charge on any atom is -0.340 e. The van der Waals surface area contributed by atoms with Gasteiger partial charge in [0, 0.05) is 19.3 Å². The minimum atomic E-state index is -0.0163. The van der Waals surface area contributed by atoms with Crippen LogP contribution < -0.4 is 0 Å². The lowest BCUT2D eigenvalue weighted by Gasteiger charge is -2.14. The average molecular weight is 285 g/mol. The van der Waals surface area contributed by atoms with Gasteiger partial charge in [0.25, 0.3) is 5.91 Å². The van der Waals surface area contributed by atoms with Gasteiger partial charge in [-0.25, -0.2) is 4.68 Å². The van der Waals surface area contributed by atoms with Gasteiger partial charge in [-0.15, -0.1) is 0 Å². The SMILES string of the molecule is CCCCN(C)C(=O)c1cc(C)n(-c2ccc(C)cc2)n1. The molecule has 0 radical (unpaired) electrons. The lowest BCUT2D eigenvalue weighted by Crippen LogP contribution is -2.28. The van der Waals surface area contributed by atoms with Crippen LogP contribution >= 0.6 is 0 Å². The standard InChI is InChI=1S/C17H23N3O/c1-5-6-11-19(4)17(21)16-12-14(3)20(18-16)15-9-7-13(2)8-10-15/h7-10,12H,5-6,11H2,1-4H3. The summed E-state index contributed by atoms with van der Waals surface area (Å²) in [5.41, 5.74) is 3.66. The summed E-state index contributed by atoms with van der Waals surface area (Å²) in [6.07, 6.45) is 2.09. The second kappa shape index (κ2) is 6.57. The summed E-state index contributed by atoms with van der Waals surface area (Å²) in [6, 6.07) is 9.98. The Kier molecular flexibility index (Phi) is 4.78. The maximum atomic E-state index is 12.4. The van der Waals surface area contributed by atoms with Gasteiger partial charge in [0.05, 0.1) is 5.69 Å². The monoisotopic (exact) mass is 285 g/mol. The molecule has 2 rings (SSSR count). The molecule has 0 spiro atoms. The Bertz CT molecular complexity index is 613. The Hall–Kier alpha value is -2.10. The molecule has 112 valence electrons. The van der Waals surface area contributed by atoms with Crippen molar-refractivity contribution in [3.8, 4) is 5.69 Å². The molecule has 0 fully saturated rings. The van der Waals surface area contributed by atoms with Crippen molar-refractivity contribution in [1.82, 2.24) is 14.7 Å². The van der Waals surface area contributed by atoms with Crippen molar-refractivity contribution in [2.45, 2.75) is 33.6 Å². The highest BCUT2D eigenvalue weighted by Gasteiger charge is 2.16. The van der Waals surface area contributed by atoms with Crippen molar-refractivity contribution in [2.75, 3.05) is 13.6 Å². The van der Waals surface area contributed by atoms with E-state index in [1.54, 1.807) is 4.90 Å². The first-order chi connectivity index (χ1) is 10.0. The number of carbonyl (C=O) groups excluding carboxylic acids is 1. The molecule has 0 saturated heterocycles. The van der Waals surface area contributed by atoms with E-state index in [9.17, 15) is 4.79 Å². The molecule has 0 aliphatic rings. The molecule has 1 heterocycles. The fourth-order valence-corrected chi connectivity index (χ4v) is 2.22. The zero-order valence-electron chi connectivity index (χ0n) is 13.3. The first kappa shape index (κ1) is 15.3. The summed E-state index contributed by atoms with van der Waals surface area (Å²) in [7, 11) is 1.83. The lowest BCUT2D eigenvalue weighted by atomic mass is 10.2. The number of aryl methyl sites for hydroxylation is 2. The van der Waals surface area contributed by atoms with E-state index in [2.05, 4.69) is 18.9 Å². The second-order valence-electron chi connectivity index (χ2n) is 5.50. The van der Waals surface area contributed by atoms with E-state index in [0.29, 0.717) is 5.69 Å². The van der Waals surface area contributed by atoms with E-state index >= 15 is 0 Å². The molecule has 0 unspecified atom stereocenters. The predicted molar refractivity (Wildman–Crippen MR) is 84.9 cm³/mol. The maximum absolute atomic E-state index is 12.4. The molecular weight excluding hydrogens is 262 g/mol. The summed E-state index contributed by atoms with van der Waals surface area (Å²) in [6.45, 7) is 6.91.